The quantitative estimate of drug-likeness (QED) is 0.849. The number of carbonyl (C=O) groups is 2. The Kier molecular flexibility index (Phi) is 5.27. The molecular formula is C17H18N4O4S. The highest BCUT2D eigenvalue weighted by atomic mass is 32.2. The second kappa shape index (κ2) is 7.61. The molecule has 3 rings (SSSR count). The average molecular weight is 374 g/mol. The van der Waals surface area contributed by atoms with Gasteiger partial charge in [-0.2, -0.15) is 5.10 Å². The molecule has 2 amide bonds. The molecule has 9 heteroatoms. The molecule has 1 aromatic carbocycles. The van der Waals surface area contributed by atoms with Crippen molar-refractivity contribution in [3.8, 4) is 5.75 Å². The van der Waals surface area contributed by atoms with E-state index in [1.807, 2.05) is 6.92 Å². The first-order chi connectivity index (χ1) is 12.5. The van der Waals surface area contributed by atoms with E-state index in [0.717, 1.165) is 4.68 Å². The SMILES string of the molecule is CCOc1ccccc1NC(=O)Cn1ncc2c(c1=O)N(C)C(=O)CS2. The van der Waals surface area contributed by atoms with Gasteiger partial charge in [-0.05, 0) is 19.1 Å². The molecule has 0 aliphatic carbocycles. The van der Waals surface area contributed by atoms with Crippen LogP contribution in [0, 0.1) is 0 Å². The molecule has 2 heterocycles. The van der Waals surface area contributed by atoms with Crippen LogP contribution in [0.4, 0.5) is 11.4 Å². The zero-order chi connectivity index (χ0) is 18.7. The maximum atomic E-state index is 12.6. The predicted molar refractivity (Wildman–Crippen MR) is 98.9 cm³/mol. The summed E-state index contributed by atoms with van der Waals surface area (Å²) in [7, 11) is 1.55. The Bertz CT molecular complexity index is 912. The maximum Gasteiger partial charge on any atom is 0.292 e. The summed E-state index contributed by atoms with van der Waals surface area (Å²) in [6.07, 6.45) is 1.51. The van der Waals surface area contributed by atoms with Gasteiger partial charge in [0.05, 0.1) is 29.1 Å². The van der Waals surface area contributed by atoms with Crippen molar-refractivity contribution in [3.63, 3.8) is 0 Å². The molecule has 0 spiro atoms. The molecule has 136 valence electrons. The first-order valence-electron chi connectivity index (χ1n) is 8.02. The molecule has 1 aliphatic rings. The third-order valence-electron chi connectivity index (χ3n) is 3.80. The molecule has 1 aliphatic heterocycles. The topological polar surface area (TPSA) is 93.5 Å². The minimum absolute atomic E-state index is 0.160. The first-order valence-corrected chi connectivity index (χ1v) is 9.01. The number of fused-ring (bicyclic) bond motifs is 1. The van der Waals surface area contributed by atoms with Crippen molar-refractivity contribution in [1.29, 1.82) is 0 Å². The van der Waals surface area contributed by atoms with Crippen LogP contribution in [0.5, 0.6) is 5.75 Å². The number of hydrogen-bond donors (Lipinski definition) is 1. The highest BCUT2D eigenvalue weighted by Crippen LogP contribution is 2.30. The molecule has 0 saturated heterocycles. The number of para-hydroxylation sites is 2. The maximum absolute atomic E-state index is 12.6. The summed E-state index contributed by atoms with van der Waals surface area (Å²) in [5, 5.41) is 6.77. The van der Waals surface area contributed by atoms with E-state index in [2.05, 4.69) is 10.4 Å². The van der Waals surface area contributed by atoms with Crippen LogP contribution < -0.4 is 20.5 Å². The number of rotatable bonds is 5. The number of aromatic nitrogens is 2. The van der Waals surface area contributed by atoms with E-state index in [-0.39, 0.29) is 23.9 Å². The molecule has 26 heavy (non-hydrogen) atoms. The van der Waals surface area contributed by atoms with E-state index in [1.54, 1.807) is 31.3 Å². The van der Waals surface area contributed by atoms with Gasteiger partial charge in [-0.25, -0.2) is 4.68 Å². The van der Waals surface area contributed by atoms with Gasteiger partial charge < -0.3 is 15.0 Å². The summed E-state index contributed by atoms with van der Waals surface area (Å²) in [6.45, 7) is 2.06. The standard InChI is InChI=1S/C17H18N4O4S/c1-3-25-12-7-5-4-6-11(12)19-14(22)9-21-17(24)16-13(8-18-21)26-10-15(23)20(16)2/h4-8H,3,9-10H2,1-2H3,(H,19,22). The molecule has 0 unspecified atom stereocenters. The average Bonchev–Trinajstić information content (AvgIpc) is 2.62. The molecule has 0 saturated carbocycles. The Morgan fingerprint density at radius 3 is 2.88 bits per heavy atom. The van der Waals surface area contributed by atoms with Gasteiger partial charge >= 0.3 is 0 Å². The lowest BCUT2D eigenvalue weighted by molar-refractivity contribution is -0.117. The summed E-state index contributed by atoms with van der Waals surface area (Å²) < 4.78 is 6.52. The van der Waals surface area contributed by atoms with Gasteiger partial charge in [0.25, 0.3) is 5.56 Å². The van der Waals surface area contributed by atoms with Crippen molar-refractivity contribution in [2.24, 2.45) is 0 Å². The monoisotopic (exact) mass is 374 g/mol. The van der Waals surface area contributed by atoms with Gasteiger partial charge in [0.1, 0.15) is 18.0 Å². The van der Waals surface area contributed by atoms with Crippen LogP contribution >= 0.6 is 11.8 Å². The molecule has 0 fully saturated rings. The van der Waals surface area contributed by atoms with Crippen LogP contribution in [0.3, 0.4) is 0 Å². The molecule has 1 aromatic heterocycles. The van der Waals surface area contributed by atoms with Crippen LogP contribution in [-0.2, 0) is 16.1 Å². The highest BCUT2D eigenvalue weighted by molar-refractivity contribution is 8.00. The minimum atomic E-state index is -0.473. The van der Waals surface area contributed by atoms with Gasteiger partial charge in [0.15, 0.2) is 0 Å². The fourth-order valence-corrected chi connectivity index (χ4v) is 3.48. The summed E-state index contributed by atoms with van der Waals surface area (Å²) in [4.78, 5) is 38.7. The number of hydrogen-bond acceptors (Lipinski definition) is 6. The second-order valence-corrected chi connectivity index (χ2v) is 6.56. The Morgan fingerprint density at radius 2 is 2.12 bits per heavy atom. The van der Waals surface area contributed by atoms with Crippen LogP contribution in [-0.4, -0.2) is 41.0 Å². The molecular weight excluding hydrogens is 356 g/mol. The molecule has 1 N–H and O–H groups in total. The largest absolute Gasteiger partial charge is 0.492 e. The van der Waals surface area contributed by atoms with Crippen molar-refractivity contribution in [1.82, 2.24) is 9.78 Å². The Morgan fingerprint density at radius 1 is 1.35 bits per heavy atom. The van der Waals surface area contributed by atoms with Gasteiger partial charge in [-0.3, -0.25) is 14.4 Å². The Labute approximate surface area is 154 Å². The smallest absolute Gasteiger partial charge is 0.292 e. The number of amides is 2. The van der Waals surface area contributed by atoms with Crippen molar-refractivity contribution in [2.75, 3.05) is 29.6 Å². The van der Waals surface area contributed by atoms with Crippen LogP contribution in [0.1, 0.15) is 6.92 Å². The van der Waals surface area contributed by atoms with E-state index >= 15 is 0 Å². The summed E-state index contributed by atoms with van der Waals surface area (Å²) >= 11 is 1.27. The molecule has 0 atom stereocenters. The third kappa shape index (κ3) is 3.57. The van der Waals surface area contributed by atoms with Gasteiger partial charge in [-0.15, -0.1) is 11.8 Å². The lowest BCUT2D eigenvalue weighted by Gasteiger charge is -2.24. The van der Waals surface area contributed by atoms with Gasteiger partial charge in [0.2, 0.25) is 11.8 Å². The number of benzene rings is 1. The summed E-state index contributed by atoms with van der Waals surface area (Å²) in [5.74, 6) is 0.246. The first kappa shape index (κ1) is 18.0. The van der Waals surface area contributed by atoms with Crippen molar-refractivity contribution in [2.45, 2.75) is 18.4 Å². The lowest BCUT2D eigenvalue weighted by Crippen LogP contribution is -2.40. The Balaban J connectivity index is 1.81. The summed E-state index contributed by atoms with van der Waals surface area (Å²) in [6, 6.07) is 7.05. The van der Waals surface area contributed by atoms with E-state index < -0.39 is 11.5 Å². The fraction of sp³-hybridized carbons (Fsp3) is 0.294. The molecule has 0 radical (unpaired) electrons. The number of anilines is 2. The van der Waals surface area contributed by atoms with Crippen molar-refractivity contribution < 1.29 is 14.3 Å². The number of nitrogens with zero attached hydrogens (tertiary/aromatic N) is 3. The summed E-state index contributed by atoms with van der Waals surface area (Å²) in [5.41, 5.74) is 0.302. The highest BCUT2D eigenvalue weighted by Gasteiger charge is 2.26. The Hall–Kier alpha value is -2.81. The molecule has 0 bridgehead atoms. The van der Waals surface area contributed by atoms with Crippen LogP contribution in [0.2, 0.25) is 0 Å². The van der Waals surface area contributed by atoms with Crippen LogP contribution in [0.15, 0.2) is 40.2 Å². The van der Waals surface area contributed by atoms with Crippen molar-refractivity contribution >= 4 is 35.0 Å². The number of thioether (sulfide) groups is 1. The third-order valence-corrected chi connectivity index (χ3v) is 4.80. The minimum Gasteiger partial charge on any atom is -0.492 e. The number of carbonyl (C=O) groups excluding carboxylic acids is 2. The number of ether oxygens (including phenoxy) is 1. The predicted octanol–water partition coefficient (Wildman–Crippen LogP) is 1.35. The van der Waals surface area contributed by atoms with E-state index in [9.17, 15) is 14.4 Å². The number of nitrogens with one attached hydrogen (secondary N) is 1. The van der Waals surface area contributed by atoms with E-state index in [1.165, 1.54) is 22.9 Å². The zero-order valence-electron chi connectivity index (χ0n) is 14.4. The second-order valence-electron chi connectivity index (χ2n) is 5.54. The van der Waals surface area contributed by atoms with Crippen molar-refractivity contribution in [3.05, 3.63) is 40.8 Å². The fourth-order valence-electron chi connectivity index (χ4n) is 2.53. The van der Waals surface area contributed by atoms with E-state index in [0.29, 0.717) is 22.9 Å². The normalized spacial score (nSPS) is 13.3. The van der Waals surface area contributed by atoms with Gasteiger partial charge in [-0.1, -0.05) is 12.1 Å². The van der Waals surface area contributed by atoms with Crippen LogP contribution in [0.25, 0.3) is 0 Å². The molecule has 8 nitrogen and oxygen atoms in total. The molecule has 2 aromatic rings. The zero-order valence-corrected chi connectivity index (χ0v) is 15.2. The van der Waals surface area contributed by atoms with Gasteiger partial charge in [0, 0.05) is 7.05 Å². The van der Waals surface area contributed by atoms with E-state index in [4.69, 9.17) is 4.74 Å². The lowest BCUT2D eigenvalue weighted by atomic mass is 10.3.